The second-order valence-electron chi connectivity index (χ2n) is 9.14. The zero-order valence-corrected chi connectivity index (χ0v) is 21.7. The van der Waals surface area contributed by atoms with E-state index in [1.807, 2.05) is 31.2 Å². The number of nitrogens with zero attached hydrogens (tertiary/aromatic N) is 1. The van der Waals surface area contributed by atoms with E-state index >= 15 is 0 Å². The number of aryl methyl sites for hydroxylation is 1. The lowest BCUT2D eigenvalue weighted by atomic mass is 9.96. The SMILES string of the molecule is Cc1ccc(SC2OC(COC(=O)c3ccccc3)C(O)C(OC=O)C2N2C(=O)c3ccccc3C2=O)cc1. The second-order valence-corrected chi connectivity index (χ2v) is 10.3. The summed E-state index contributed by atoms with van der Waals surface area (Å²) < 4.78 is 16.9. The largest absolute Gasteiger partial charge is 0.459 e. The highest BCUT2D eigenvalue weighted by Crippen LogP contribution is 2.40. The van der Waals surface area contributed by atoms with Gasteiger partial charge in [0.25, 0.3) is 18.3 Å². The lowest BCUT2D eigenvalue weighted by molar-refractivity contribution is -0.195. The minimum atomic E-state index is -1.51. The molecule has 2 heterocycles. The summed E-state index contributed by atoms with van der Waals surface area (Å²) in [6.45, 7) is 1.74. The molecule has 5 rings (SSSR count). The molecule has 0 radical (unpaired) electrons. The number of hydrogen-bond donors (Lipinski definition) is 1. The summed E-state index contributed by atoms with van der Waals surface area (Å²) in [5.74, 6) is -1.79. The fraction of sp³-hybridized carbons (Fsp3) is 0.241. The maximum Gasteiger partial charge on any atom is 0.338 e. The number of carbonyl (C=O) groups excluding carboxylic acids is 4. The monoisotopic (exact) mass is 547 g/mol. The molecule has 2 amide bonds. The summed E-state index contributed by atoms with van der Waals surface area (Å²) >= 11 is 1.20. The summed E-state index contributed by atoms with van der Waals surface area (Å²) in [5.41, 5.74) is 0.797. The van der Waals surface area contributed by atoms with Crippen LogP contribution in [0.25, 0.3) is 0 Å². The second kappa shape index (κ2) is 11.4. The summed E-state index contributed by atoms with van der Waals surface area (Å²) in [4.78, 5) is 52.7. The van der Waals surface area contributed by atoms with Crippen molar-refractivity contribution in [3.8, 4) is 0 Å². The van der Waals surface area contributed by atoms with Crippen molar-refractivity contribution in [3.05, 3.63) is 101 Å². The predicted octanol–water partition coefficient (Wildman–Crippen LogP) is 3.24. The summed E-state index contributed by atoms with van der Waals surface area (Å²) in [6, 6.07) is 21.0. The summed E-state index contributed by atoms with van der Waals surface area (Å²) in [7, 11) is 0. The Morgan fingerprint density at radius 3 is 2.21 bits per heavy atom. The van der Waals surface area contributed by atoms with Crippen molar-refractivity contribution < 1.29 is 38.5 Å². The Bertz CT molecular complexity index is 1340. The third-order valence-corrected chi connectivity index (χ3v) is 7.81. The van der Waals surface area contributed by atoms with Gasteiger partial charge in [-0.1, -0.05) is 59.8 Å². The van der Waals surface area contributed by atoms with Gasteiger partial charge in [-0.15, -0.1) is 0 Å². The van der Waals surface area contributed by atoms with Crippen LogP contribution in [0, 0.1) is 6.92 Å². The molecule has 39 heavy (non-hydrogen) atoms. The Balaban J connectivity index is 1.47. The number of rotatable bonds is 8. The lowest BCUT2D eigenvalue weighted by Gasteiger charge is -2.45. The average molecular weight is 548 g/mol. The van der Waals surface area contributed by atoms with E-state index < -0.39 is 47.6 Å². The van der Waals surface area contributed by atoms with Gasteiger partial charge in [-0.25, -0.2) is 4.79 Å². The van der Waals surface area contributed by atoms with Crippen LogP contribution >= 0.6 is 11.8 Å². The van der Waals surface area contributed by atoms with Gasteiger partial charge >= 0.3 is 5.97 Å². The first-order valence-corrected chi connectivity index (χ1v) is 13.1. The molecule has 1 N–H and O–H groups in total. The Kier molecular flexibility index (Phi) is 7.78. The highest BCUT2D eigenvalue weighted by Gasteiger charge is 2.55. The molecule has 0 aliphatic carbocycles. The highest BCUT2D eigenvalue weighted by molar-refractivity contribution is 7.99. The van der Waals surface area contributed by atoms with Crippen molar-refractivity contribution in [2.45, 2.75) is 41.6 Å². The maximum absolute atomic E-state index is 13.4. The molecule has 200 valence electrons. The van der Waals surface area contributed by atoms with E-state index in [0.29, 0.717) is 5.56 Å². The molecule has 1 saturated heterocycles. The number of hydrogen-bond acceptors (Lipinski definition) is 9. The van der Waals surface area contributed by atoms with Crippen LogP contribution < -0.4 is 0 Å². The molecule has 5 unspecified atom stereocenters. The van der Waals surface area contributed by atoms with Gasteiger partial charge in [-0.2, -0.15) is 0 Å². The zero-order valence-electron chi connectivity index (χ0n) is 20.8. The fourth-order valence-electron chi connectivity index (χ4n) is 4.68. The number of carbonyl (C=O) groups is 4. The molecule has 0 bridgehead atoms. The van der Waals surface area contributed by atoms with Crippen LogP contribution in [-0.2, 0) is 19.0 Å². The number of esters is 1. The summed E-state index contributed by atoms with van der Waals surface area (Å²) in [6.07, 6.45) is -3.97. The standard InChI is InChI=1S/C29H25NO8S/c1-17-11-13-19(14-12-17)39-29-23(30-26(33)20-9-5-6-10-21(20)27(30)34)25(37-16-31)24(32)22(38-29)15-36-28(35)18-7-3-2-4-8-18/h2-14,16,22-25,29,32H,15H2,1H3. The third kappa shape index (κ3) is 5.31. The Hall–Kier alpha value is -3.99. The van der Waals surface area contributed by atoms with Gasteiger partial charge in [-0.05, 0) is 43.3 Å². The van der Waals surface area contributed by atoms with E-state index in [9.17, 15) is 24.3 Å². The number of thioether (sulfide) groups is 1. The first-order valence-electron chi connectivity index (χ1n) is 12.2. The van der Waals surface area contributed by atoms with Crippen LogP contribution in [0.2, 0.25) is 0 Å². The van der Waals surface area contributed by atoms with Crippen molar-refractivity contribution in [1.82, 2.24) is 4.90 Å². The molecule has 0 saturated carbocycles. The van der Waals surface area contributed by atoms with Gasteiger partial charge in [-0.3, -0.25) is 19.3 Å². The molecule has 9 nitrogen and oxygen atoms in total. The van der Waals surface area contributed by atoms with Crippen LogP contribution in [0.1, 0.15) is 36.6 Å². The first kappa shape index (κ1) is 26.6. The Morgan fingerprint density at radius 1 is 0.974 bits per heavy atom. The van der Waals surface area contributed by atoms with E-state index in [1.54, 1.807) is 54.6 Å². The van der Waals surface area contributed by atoms with Crippen molar-refractivity contribution in [1.29, 1.82) is 0 Å². The van der Waals surface area contributed by atoms with Crippen molar-refractivity contribution in [2.24, 2.45) is 0 Å². The van der Waals surface area contributed by atoms with Gasteiger partial charge in [0.05, 0.1) is 16.7 Å². The van der Waals surface area contributed by atoms with E-state index in [1.165, 1.54) is 11.8 Å². The van der Waals surface area contributed by atoms with Gasteiger partial charge in [0, 0.05) is 4.90 Å². The zero-order chi connectivity index (χ0) is 27.5. The average Bonchev–Trinajstić information content (AvgIpc) is 3.20. The maximum atomic E-state index is 13.4. The van der Waals surface area contributed by atoms with E-state index in [4.69, 9.17) is 14.2 Å². The van der Waals surface area contributed by atoms with Crippen molar-refractivity contribution >= 4 is 36.0 Å². The van der Waals surface area contributed by atoms with Crippen LogP contribution in [-0.4, -0.2) is 70.7 Å². The molecule has 10 heteroatoms. The molecule has 3 aromatic rings. The number of amides is 2. The number of ether oxygens (including phenoxy) is 3. The number of imide groups is 1. The number of aliphatic hydroxyl groups excluding tert-OH is 1. The van der Waals surface area contributed by atoms with Crippen LogP contribution in [0.15, 0.2) is 83.8 Å². The molecule has 0 spiro atoms. The van der Waals surface area contributed by atoms with E-state index in [2.05, 4.69) is 0 Å². The minimum absolute atomic E-state index is 0.158. The Labute approximate surface area is 228 Å². The van der Waals surface area contributed by atoms with Crippen LogP contribution in [0.3, 0.4) is 0 Å². The smallest absolute Gasteiger partial charge is 0.338 e. The molecule has 5 atom stereocenters. The molecular formula is C29H25NO8S. The highest BCUT2D eigenvalue weighted by atomic mass is 32.2. The van der Waals surface area contributed by atoms with Crippen molar-refractivity contribution in [3.63, 3.8) is 0 Å². The number of fused-ring (bicyclic) bond motifs is 1. The van der Waals surface area contributed by atoms with Gasteiger partial charge in [0.15, 0.2) is 6.10 Å². The fourth-order valence-corrected chi connectivity index (χ4v) is 5.85. The molecular weight excluding hydrogens is 522 g/mol. The Morgan fingerprint density at radius 2 is 1.59 bits per heavy atom. The summed E-state index contributed by atoms with van der Waals surface area (Å²) in [5, 5.41) is 11.2. The molecule has 2 aliphatic rings. The molecule has 1 fully saturated rings. The van der Waals surface area contributed by atoms with Crippen LogP contribution in [0.5, 0.6) is 0 Å². The lowest BCUT2D eigenvalue weighted by Crippen LogP contribution is -2.65. The van der Waals surface area contributed by atoms with Gasteiger partial charge in [0.1, 0.15) is 30.3 Å². The third-order valence-electron chi connectivity index (χ3n) is 6.64. The van der Waals surface area contributed by atoms with Crippen LogP contribution in [0.4, 0.5) is 0 Å². The molecule has 2 aliphatic heterocycles. The quantitative estimate of drug-likeness (QED) is 0.258. The molecule has 3 aromatic carbocycles. The first-order chi connectivity index (χ1) is 18.9. The normalized spacial score (nSPS) is 24.3. The van der Waals surface area contributed by atoms with E-state index in [-0.39, 0.29) is 24.2 Å². The minimum Gasteiger partial charge on any atom is -0.459 e. The van der Waals surface area contributed by atoms with E-state index in [0.717, 1.165) is 15.4 Å². The van der Waals surface area contributed by atoms with Gasteiger partial charge < -0.3 is 19.3 Å². The topological polar surface area (TPSA) is 119 Å². The predicted molar refractivity (Wildman–Crippen MR) is 140 cm³/mol. The van der Waals surface area contributed by atoms with Crippen molar-refractivity contribution in [2.75, 3.05) is 6.61 Å². The number of aliphatic hydroxyl groups is 1. The van der Waals surface area contributed by atoms with Gasteiger partial charge in [0.2, 0.25) is 0 Å². The molecule has 0 aromatic heterocycles. The number of benzene rings is 3.